The Hall–Kier alpha value is -2.49. The van der Waals surface area contributed by atoms with Gasteiger partial charge in [0, 0.05) is 17.8 Å². The van der Waals surface area contributed by atoms with E-state index in [1.807, 2.05) is 48.5 Å². The quantitative estimate of drug-likeness (QED) is 0.849. The summed E-state index contributed by atoms with van der Waals surface area (Å²) >= 11 is 0. The summed E-state index contributed by atoms with van der Waals surface area (Å²) in [5, 5.41) is 6.13. The van der Waals surface area contributed by atoms with E-state index < -0.39 is 0 Å². The number of ether oxygens (including phenoxy) is 1. The molecule has 0 atom stereocenters. The highest BCUT2D eigenvalue weighted by Crippen LogP contribution is 2.23. The van der Waals surface area contributed by atoms with Crippen molar-refractivity contribution < 1.29 is 9.53 Å². The molecule has 0 radical (unpaired) electrons. The van der Waals surface area contributed by atoms with Gasteiger partial charge < -0.3 is 15.4 Å². The fourth-order valence-electron chi connectivity index (χ4n) is 1.95. The SMILES string of the molecule is CCCNc1ccc(C(=O)Nc2ccccc2OC)cc1. The molecule has 0 saturated heterocycles. The van der Waals surface area contributed by atoms with Crippen molar-refractivity contribution in [3.63, 3.8) is 0 Å². The van der Waals surface area contributed by atoms with Crippen LogP contribution >= 0.6 is 0 Å². The summed E-state index contributed by atoms with van der Waals surface area (Å²) in [6, 6.07) is 14.8. The third kappa shape index (κ3) is 3.99. The summed E-state index contributed by atoms with van der Waals surface area (Å²) in [5.41, 5.74) is 2.30. The third-order valence-electron chi connectivity index (χ3n) is 3.08. The smallest absolute Gasteiger partial charge is 0.255 e. The maximum Gasteiger partial charge on any atom is 0.255 e. The molecule has 2 aromatic carbocycles. The Labute approximate surface area is 125 Å². The third-order valence-corrected chi connectivity index (χ3v) is 3.08. The Bertz CT molecular complexity index is 594. The average Bonchev–Trinajstić information content (AvgIpc) is 2.54. The average molecular weight is 284 g/mol. The molecule has 4 heteroatoms. The van der Waals surface area contributed by atoms with Crippen molar-refractivity contribution in [3.05, 3.63) is 54.1 Å². The number of hydrogen-bond donors (Lipinski definition) is 2. The standard InChI is InChI=1S/C17H20N2O2/c1-3-12-18-14-10-8-13(9-11-14)17(20)19-15-6-4-5-7-16(15)21-2/h4-11,18H,3,12H2,1-2H3,(H,19,20). The maximum atomic E-state index is 12.2. The lowest BCUT2D eigenvalue weighted by molar-refractivity contribution is 0.102. The number of methoxy groups -OCH3 is 1. The van der Waals surface area contributed by atoms with Gasteiger partial charge in [0.15, 0.2) is 0 Å². The minimum absolute atomic E-state index is 0.151. The number of carbonyl (C=O) groups is 1. The molecule has 0 aromatic heterocycles. The van der Waals surface area contributed by atoms with Crippen molar-refractivity contribution in [1.29, 1.82) is 0 Å². The van der Waals surface area contributed by atoms with E-state index in [-0.39, 0.29) is 5.91 Å². The number of hydrogen-bond acceptors (Lipinski definition) is 3. The Kier molecular flexibility index (Phi) is 5.21. The van der Waals surface area contributed by atoms with Crippen LogP contribution in [0.15, 0.2) is 48.5 Å². The van der Waals surface area contributed by atoms with Crippen LogP contribution in [0.25, 0.3) is 0 Å². The Morgan fingerprint density at radius 1 is 1.10 bits per heavy atom. The van der Waals surface area contributed by atoms with Crippen molar-refractivity contribution >= 4 is 17.3 Å². The van der Waals surface area contributed by atoms with Gasteiger partial charge in [-0.3, -0.25) is 4.79 Å². The molecule has 0 bridgehead atoms. The number of para-hydroxylation sites is 2. The van der Waals surface area contributed by atoms with Crippen LogP contribution in [0.3, 0.4) is 0 Å². The van der Waals surface area contributed by atoms with Gasteiger partial charge in [0.25, 0.3) is 5.91 Å². The molecule has 0 heterocycles. The van der Waals surface area contributed by atoms with E-state index in [9.17, 15) is 4.79 Å². The number of carbonyl (C=O) groups excluding carboxylic acids is 1. The molecule has 0 aliphatic carbocycles. The zero-order chi connectivity index (χ0) is 15.1. The van der Waals surface area contributed by atoms with Gasteiger partial charge in [-0.25, -0.2) is 0 Å². The zero-order valence-corrected chi connectivity index (χ0v) is 12.3. The summed E-state index contributed by atoms with van der Waals surface area (Å²) < 4.78 is 5.22. The Morgan fingerprint density at radius 3 is 2.48 bits per heavy atom. The van der Waals surface area contributed by atoms with E-state index >= 15 is 0 Å². The van der Waals surface area contributed by atoms with Crippen molar-refractivity contribution in [2.24, 2.45) is 0 Å². The first-order valence-electron chi connectivity index (χ1n) is 7.03. The molecule has 2 N–H and O–H groups in total. The van der Waals surface area contributed by atoms with Crippen LogP contribution in [-0.4, -0.2) is 19.6 Å². The first-order chi connectivity index (χ1) is 10.2. The molecule has 0 aliphatic rings. The van der Waals surface area contributed by atoms with E-state index in [4.69, 9.17) is 4.74 Å². The highest BCUT2D eigenvalue weighted by molar-refractivity contribution is 6.05. The van der Waals surface area contributed by atoms with E-state index in [1.165, 1.54) is 0 Å². The molecule has 110 valence electrons. The molecule has 0 fully saturated rings. The summed E-state index contributed by atoms with van der Waals surface area (Å²) in [4.78, 5) is 12.2. The lowest BCUT2D eigenvalue weighted by atomic mass is 10.2. The summed E-state index contributed by atoms with van der Waals surface area (Å²) in [7, 11) is 1.58. The fraction of sp³-hybridized carbons (Fsp3) is 0.235. The van der Waals surface area contributed by atoms with Gasteiger partial charge in [-0.1, -0.05) is 19.1 Å². The van der Waals surface area contributed by atoms with Gasteiger partial charge in [0.2, 0.25) is 0 Å². The van der Waals surface area contributed by atoms with Gasteiger partial charge in [-0.05, 0) is 42.8 Å². The van der Waals surface area contributed by atoms with Crippen molar-refractivity contribution in [2.45, 2.75) is 13.3 Å². The van der Waals surface area contributed by atoms with Gasteiger partial charge in [-0.15, -0.1) is 0 Å². The number of nitrogens with one attached hydrogen (secondary N) is 2. The monoisotopic (exact) mass is 284 g/mol. The van der Waals surface area contributed by atoms with Crippen LogP contribution in [0, 0.1) is 0 Å². The molecular formula is C17H20N2O2. The molecule has 21 heavy (non-hydrogen) atoms. The predicted octanol–water partition coefficient (Wildman–Crippen LogP) is 3.77. The Balaban J connectivity index is 2.06. The summed E-state index contributed by atoms with van der Waals surface area (Å²) in [6.07, 6.45) is 1.07. The molecule has 2 rings (SSSR count). The van der Waals surface area contributed by atoms with Crippen LogP contribution in [0.4, 0.5) is 11.4 Å². The molecule has 4 nitrogen and oxygen atoms in total. The Morgan fingerprint density at radius 2 is 1.81 bits per heavy atom. The van der Waals surface area contributed by atoms with Crippen LogP contribution < -0.4 is 15.4 Å². The van der Waals surface area contributed by atoms with Crippen LogP contribution in [0.1, 0.15) is 23.7 Å². The van der Waals surface area contributed by atoms with Crippen molar-refractivity contribution in [1.82, 2.24) is 0 Å². The second-order valence-corrected chi connectivity index (χ2v) is 4.66. The first-order valence-corrected chi connectivity index (χ1v) is 7.03. The predicted molar refractivity (Wildman–Crippen MR) is 86.2 cm³/mol. The van der Waals surface area contributed by atoms with E-state index in [0.29, 0.717) is 17.0 Å². The van der Waals surface area contributed by atoms with Crippen LogP contribution in [0.2, 0.25) is 0 Å². The van der Waals surface area contributed by atoms with E-state index in [0.717, 1.165) is 18.7 Å². The van der Waals surface area contributed by atoms with Crippen LogP contribution in [-0.2, 0) is 0 Å². The minimum atomic E-state index is -0.151. The summed E-state index contributed by atoms with van der Waals surface area (Å²) in [5.74, 6) is 0.494. The minimum Gasteiger partial charge on any atom is -0.495 e. The number of benzene rings is 2. The molecule has 0 spiro atoms. The molecule has 2 aromatic rings. The van der Waals surface area contributed by atoms with Crippen molar-refractivity contribution in [2.75, 3.05) is 24.3 Å². The number of anilines is 2. The van der Waals surface area contributed by atoms with Gasteiger partial charge in [-0.2, -0.15) is 0 Å². The van der Waals surface area contributed by atoms with Gasteiger partial charge in [0.05, 0.1) is 12.8 Å². The largest absolute Gasteiger partial charge is 0.495 e. The van der Waals surface area contributed by atoms with Crippen molar-refractivity contribution in [3.8, 4) is 5.75 Å². The molecule has 0 unspecified atom stereocenters. The topological polar surface area (TPSA) is 50.4 Å². The molecular weight excluding hydrogens is 264 g/mol. The summed E-state index contributed by atoms with van der Waals surface area (Å²) in [6.45, 7) is 3.04. The fourth-order valence-corrected chi connectivity index (χ4v) is 1.95. The van der Waals surface area contributed by atoms with Gasteiger partial charge >= 0.3 is 0 Å². The van der Waals surface area contributed by atoms with E-state index in [1.54, 1.807) is 7.11 Å². The highest BCUT2D eigenvalue weighted by atomic mass is 16.5. The lowest BCUT2D eigenvalue weighted by Crippen LogP contribution is -2.12. The molecule has 0 aliphatic heterocycles. The molecule has 1 amide bonds. The van der Waals surface area contributed by atoms with Gasteiger partial charge in [0.1, 0.15) is 5.75 Å². The zero-order valence-electron chi connectivity index (χ0n) is 12.3. The van der Waals surface area contributed by atoms with E-state index in [2.05, 4.69) is 17.6 Å². The number of amides is 1. The van der Waals surface area contributed by atoms with Crippen LogP contribution in [0.5, 0.6) is 5.75 Å². The first kappa shape index (κ1) is 14.9. The second-order valence-electron chi connectivity index (χ2n) is 4.66. The normalized spacial score (nSPS) is 10.0. The molecule has 0 saturated carbocycles. The maximum absolute atomic E-state index is 12.2. The lowest BCUT2D eigenvalue weighted by Gasteiger charge is -2.10. The number of rotatable bonds is 6. The highest BCUT2D eigenvalue weighted by Gasteiger charge is 2.09. The second kappa shape index (κ2) is 7.33.